The number of para-hydroxylation sites is 1. The third-order valence-electron chi connectivity index (χ3n) is 3.90. The maximum Gasteiger partial charge on any atom is 0.0561 e. The molecule has 21 heavy (non-hydrogen) atoms. The van der Waals surface area contributed by atoms with Crippen LogP contribution in [-0.2, 0) is 0 Å². The number of hydrogen-bond donors (Lipinski definition) is 1. The molecule has 0 unspecified atom stereocenters. The van der Waals surface area contributed by atoms with E-state index in [9.17, 15) is 0 Å². The van der Waals surface area contributed by atoms with Crippen LogP contribution in [0.25, 0.3) is 0 Å². The quantitative estimate of drug-likeness (QED) is 0.675. The van der Waals surface area contributed by atoms with Crippen LogP contribution >= 0.6 is 0 Å². The lowest BCUT2D eigenvalue weighted by Crippen LogP contribution is -2.17. The number of rotatable bonds is 4. The van der Waals surface area contributed by atoms with Gasteiger partial charge in [-0.3, -0.25) is 5.43 Å². The van der Waals surface area contributed by atoms with Gasteiger partial charge in [0.25, 0.3) is 0 Å². The average molecular weight is 279 g/mol. The number of nitrogens with one attached hydrogen (secondary N) is 1. The third kappa shape index (κ3) is 3.43. The van der Waals surface area contributed by atoms with Crippen LogP contribution in [0.1, 0.15) is 24.0 Å². The molecular formula is C18H21N3. The summed E-state index contributed by atoms with van der Waals surface area (Å²) in [6, 6.07) is 16.6. The van der Waals surface area contributed by atoms with Crippen molar-refractivity contribution in [2.45, 2.75) is 19.8 Å². The molecule has 3 nitrogen and oxygen atoms in total. The molecule has 1 fully saturated rings. The molecule has 1 N–H and O–H groups in total. The fourth-order valence-electron chi connectivity index (χ4n) is 2.67. The number of hydrazone groups is 1. The van der Waals surface area contributed by atoms with E-state index in [1.807, 2.05) is 36.5 Å². The fraction of sp³-hybridized carbons (Fsp3) is 0.278. The second-order valence-electron chi connectivity index (χ2n) is 5.47. The summed E-state index contributed by atoms with van der Waals surface area (Å²) in [7, 11) is 0. The molecule has 0 radical (unpaired) electrons. The monoisotopic (exact) mass is 279 g/mol. The lowest BCUT2D eigenvalue weighted by atomic mass is 10.1. The molecule has 3 rings (SSSR count). The lowest BCUT2D eigenvalue weighted by molar-refractivity contribution is 0.949. The molecule has 108 valence electrons. The van der Waals surface area contributed by atoms with Gasteiger partial charge in [0.05, 0.1) is 11.9 Å². The molecule has 1 aliphatic heterocycles. The molecular weight excluding hydrogens is 258 g/mol. The molecule has 3 heteroatoms. The summed E-state index contributed by atoms with van der Waals surface area (Å²) in [5.74, 6) is 0. The van der Waals surface area contributed by atoms with Gasteiger partial charge in [-0.25, -0.2) is 0 Å². The van der Waals surface area contributed by atoms with Gasteiger partial charge in [0.2, 0.25) is 0 Å². The van der Waals surface area contributed by atoms with Crippen LogP contribution in [-0.4, -0.2) is 19.3 Å². The Balaban J connectivity index is 1.68. The van der Waals surface area contributed by atoms with Gasteiger partial charge in [0, 0.05) is 18.8 Å². The van der Waals surface area contributed by atoms with Crippen molar-refractivity contribution < 1.29 is 0 Å². The Morgan fingerprint density at radius 1 is 1.05 bits per heavy atom. The fourth-order valence-corrected chi connectivity index (χ4v) is 2.67. The molecule has 0 aromatic heterocycles. The Bertz CT molecular complexity index is 614. The van der Waals surface area contributed by atoms with E-state index in [0.717, 1.165) is 11.3 Å². The SMILES string of the molecule is Cc1cc(N2CCCC2)ccc1C=NNc1ccccc1. The maximum absolute atomic E-state index is 4.31. The predicted molar refractivity (Wildman–Crippen MR) is 90.3 cm³/mol. The molecule has 0 spiro atoms. The molecule has 1 aliphatic rings. The summed E-state index contributed by atoms with van der Waals surface area (Å²) in [4.78, 5) is 2.45. The number of aryl methyl sites for hydroxylation is 1. The van der Waals surface area contributed by atoms with Crippen LogP contribution in [0.3, 0.4) is 0 Å². The third-order valence-corrected chi connectivity index (χ3v) is 3.90. The molecule has 0 amide bonds. The molecule has 1 saturated heterocycles. The minimum Gasteiger partial charge on any atom is -0.372 e. The summed E-state index contributed by atoms with van der Waals surface area (Å²) < 4.78 is 0. The second kappa shape index (κ2) is 6.44. The van der Waals surface area contributed by atoms with Crippen LogP contribution in [0.2, 0.25) is 0 Å². The number of benzene rings is 2. The Hall–Kier alpha value is -2.29. The number of anilines is 2. The molecule has 2 aromatic carbocycles. The number of nitrogens with zero attached hydrogens (tertiary/aromatic N) is 2. The summed E-state index contributed by atoms with van der Waals surface area (Å²) in [5, 5.41) is 4.31. The van der Waals surface area contributed by atoms with Crippen LogP contribution in [0, 0.1) is 6.92 Å². The van der Waals surface area contributed by atoms with E-state index in [4.69, 9.17) is 0 Å². The summed E-state index contributed by atoms with van der Waals surface area (Å²) in [6.45, 7) is 4.51. The van der Waals surface area contributed by atoms with Crippen molar-refractivity contribution in [2.24, 2.45) is 5.10 Å². The first-order valence-electron chi connectivity index (χ1n) is 7.53. The van der Waals surface area contributed by atoms with E-state index in [1.54, 1.807) is 0 Å². The van der Waals surface area contributed by atoms with Gasteiger partial charge in [-0.15, -0.1) is 0 Å². The first-order chi connectivity index (χ1) is 10.3. The molecule has 0 saturated carbocycles. The highest BCUT2D eigenvalue weighted by atomic mass is 15.3. The Kier molecular flexibility index (Phi) is 4.20. The lowest BCUT2D eigenvalue weighted by Gasteiger charge is -2.18. The van der Waals surface area contributed by atoms with Gasteiger partial charge >= 0.3 is 0 Å². The number of hydrogen-bond acceptors (Lipinski definition) is 3. The Morgan fingerprint density at radius 2 is 1.81 bits per heavy atom. The predicted octanol–water partition coefficient (Wildman–Crippen LogP) is 4.04. The van der Waals surface area contributed by atoms with Crippen LogP contribution in [0.15, 0.2) is 53.6 Å². The molecule has 0 aliphatic carbocycles. The van der Waals surface area contributed by atoms with E-state index in [-0.39, 0.29) is 0 Å². The van der Waals surface area contributed by atoms with Gasteiger partial charge in [0.15, 0.2) is 0 Å². The van der Waals surface area contributed by atoms with Gasteiger partial charge in [0.1, 0.15) is 0 Å². The Morgan fingerprint density at radius 3 is 2.52 bits per heavy atom. The van der Waals surface area contributed by atoms with Crippen molar-refractivity contribution in [3.63, 3.8) is 0 Å². The molecule has 1 heterocycles. The highest BCUT2D eigenvalue weighted by Crippen LogP contribution is 2.22. The largest absolute Gasteiger partial charge is 0.372 e. The zero-order valence-corrected chi connectivity index (χ0v) is 12.4. The van der Waals surface area contributed by atoms with Gasteiger partial charge in [-0.1, -0.05) is 24.3 Å². The minimum absolute atomic E-state index is 1.00. The van der Waals surface area contributed by atoms with Gasteiger partial charge in [-0.05, 0) is 55.2 Å². The van der Waals surface area contributed by atoms with Crippen molar-refractivity contribution in [3.05, 3.63) is 59.7 Å². The normalized spacial score (nSPS) is 14.8. The first-order valence-corrected chi connectivity index (χ1v) is 7.53. The zero-order chi connectivity index (χ0) is 14.5. The van der Waals surface area contributed by atoms with Gasteiger partial charge in [-0.2, -0.15) is 5.10 Å². The van der Waals surface area contributed by atoms with E-state index in [1.165, 1.54) is 37.2 Å². The highest BCUT2D eigenvalue weighted by Gasteiger charge is 2.12. The highest BCUT2D eigenvalue weighted by molar-refractivity contribution is 5.83. The van der Waals surface area contributed by atoms with Crippen LogP contribution in [0.5, 0.6) is 0 Å². The minimum atomic E-state index is 1.00. The topological polar surface area (TPSA) is 27.6 Å². The molecule has 0 bridgehead atoms. The summed E-state index contributed by atoms with van der Waals surface area (Å²) >= 11 is 0. The average Bonchev–Trinajstić information content (AvgIpc) is 3.04. The zero-order valence-electron chi connectivity index (χ0n) is 12.4. The second-order valence-corrected chi connectivity index (χ2v) is 5.47. The molecule has 2 aromatic rings. The van der Waals surface area contributed by atoms with Crippen LogP contribution in [0.4, 0.5) is 11.4 Å². The van der Waals surface area contributed by atoms with Crippen LogP contribution < -0.4 is 10.3 Å². The smallest absolute Gasteiger partial charge is 0.0561 e. The summed E-state index contributed by atoms with van der Waals surface area (Å²) in [5.41, 5.74) is 7.80. The van der Waals surface area contributed by atoms with Crippen molar-refractivity contribution in [2.75, 3.05) is 23.4 Å². The summed E-state index contributed by atoms with van der Waals surface area (Å²) in [6.07, 6.45) is 4.50. The maximum atomic E-state index is 4.31. The molecule has 0 atom stereocenters. The first kappa shape index (κ1) is 13.7. The van der Waals surface area contributed by atoms with Crippen molar-refractivity contribution in [3.8, 4) is 0 Å². The van der Waals surface area contributed by atoms with Crippen molar-refractivity contribution >= 4 is 17.6 Å². The van der Waals surface area contributed by atoms with E-state index in [2.05, 4.69) is 40.5 Å². The van der Waals surface area contributed by atoms with Crippen molar-refractivity contribution in [1.29, 1.82) is 0 Å². The van der Waals surface area contributed by atoms with E-state index >= 15 is 0 Å². The standard InChI is InChI=1S/C18H21N3/c1-15-13-18(21-11-5-6-12-21)10-9-16(15)14-19-20-17-7-3-2-4-8-17/h2-4,7-10,13-14,20H,5-6,11-12H2,1H3. The van der Waals surface area contributed by atoms with E-state index in [0.29, 0.717) is 0 Å². The van der Waals surface area contributed by atoms with Crippen molar-refractivity contribution in [1.82, 2.24) is 0 Å². The van der Waals surface area contributed by atoms with Gasteiger partial charge < -0.3 is 4.90 Å². The van der Waals surface area contributed by atoms with E-state index < -0.39 is 0 Å². The Labute approximate surface area is 126 Å².